The third kappa shape index (κ3) is 1.46. The van der Waals surface area contributed by atoms with Crippen LogP contribution in [-0.2, 0) is 20.1 Å². The van der Waals surface area contributed by atoms with E-state index in [2.05, 4.69) is 15.9 Å². The van der Waals surface area contributed by atoms with Crippen LogP contribution in [0.5, 0.6) is 0 Å². The van der Waals surface area contributed by atoms with Gasteiger partial charge < -0.3 is 14.4 Å². The number of amides is 1. The molecule has 5 heteroatoms. The van der Waals surface area contributed by atoms with E-state index in [1.165, 1.54) is 0 Å². The second kappa shape index (κ2) is 4.08. The van der Waals surface area contributed by atoms with E-state index in [1.54, 1.807) is 4.90 Å². The van der Waals surface area contributed by atoms with E-state index in [0.717, 1.165) is 16.6 Å². The summed E-state index contributed by atoms with van der Waals surface area (Å²) in [5, 5.41) is 0.725. The van der Waals surface area contributed by atoms with E-state index in [0.29, 0.717) is 19.8 Å². The summed E-state index contributed by atoms with van der Waals surface area (Å²) in [7, 11) is 0. The number of rotatable bonds is 2. The molecule has 2 aliphatic rings. The van der Waals surface area contributed by atoms with E-state index in [4.69, 9.17) is 9.47 Å². The number of fused-ring (bicyclic) bond motifs is 2. The Hall–Kier alpha value is -0.910. The summed E-state index contributed by atoms with van der Waals surface area (Å²) in [6.07, 6.45) is 0. The second-order valence-electron chi connectivity index (χ2n) is 3.98. The lowest BCUT2D eigenvalue weighted by atomic mass is 10.1. The van der Waals surface area contributed by atoms with Crippen molar-refractivity contribution in [2.24, 2.45) is 0 Å². The maximum atomic E-state index is 12.4. The van der Waals surface area contributed by atoms with E-state index in [9.17, 15) is 4.79 Å². The van der Waals surface area contributed by atoms with Gasteiger partial charge in [-0.25, -0.2) is 0 Å². The topological polar surface area (TPSA) is 38.8 Å². The van der Waals surface area contributed by atoms with Gasteiger partial charge >= 0.3 is 0 Å². The number of para-hydroxylation sites is 1. The molecule has 0 radical (unpaired) electrons. The molecule has 2 aliphatic heterocycles. The summed E-state index contributed by atoms with van der Waals surface area (Å²) < 4.78 is 11.2. The summed E-state index contributed by atoms with van der Waals surface area (Å²) in [4.78, 5) is 14.1. The van der Waals surface area contributed by atoms with E-state index in [-0.39, 0.29) is 5.91 Å². The molecule has 0 saturated carbocycles. The number of ether oxygens (including phenoxy) is 2. The molecule has 1 aromatic carbocycles. The van der Waals surface area contributed by atoms with Crippen molar-refractivity contribution in [3.8, 4) is 0 Å². The maximum Gasteiger partial charge on any atom is 0.292 e. The van der Waals surface area contributed by atoms with Gasteiger partial charge in [0.1, 0.15) is 0 Å². The molecule has 1 aromatic rings. The van der Waals surface area contributed by atoms with Crippen molar-refractivity contribution in [2.45, 2.75) is 5.79 Å². The Balaban J connectivity index is 2.12. The largest absolute Gasteiger partial charge is 0.336 e. The standard InChI is InChI=1S/C12H12BrNO3/c13-5-6-14-10-4-2-1-3-9(10)12(11(14)15)16-7-8-17-12/h1-4H,5-8H2. The third-order valence-corrected chi connectivity index (χ3v) is 3.43. The van der Waals surface area contributed by atoms with Gasteiger partial charge in [-0.3, -0.25) is 4.79 Å². The molecule has 4 nitrogen and oxygen atoms in total. The van der Waals surface area contributed by atoms with Crippen LogP contribution < -0.4 is 4.90 Å². The Morgan fingerprint density at radius 2 is 2.00 bits per heavy atom. The fourth-order valence-electron chi connectivity index (χ4n) is 2.39. The van der Waals surface area contributed by atoms with Crippen LogP contribution in [0.3, 0.4) is 0 Å². The van der Waals surface area contributed by atoms with Crippen LogP contribution in [0, 0.1) is 0 Å². The first kappa shape index (κ1) is 11.2. The zero-order chi connectivity index (χ0) is 11.9. The molecule has 0 bridgehead atoms. The number of anilines is 1. The van der Waals surface area contributed by atoms with Gasteiger partial charge in [0.05, 0.1) is 18.9 Å². The molecule has 1 amide bonds. The number of benzene rings is 1. The number of hydrogen-bond donors (Lipinski definition) is 0. The van der Waals surface area contributed by atoms with Gasteiger partial charge in [0, 0.05) is 17.4 Å². The summed E-state index contributed by atoms with van der Waals surface area (Å²) in [5.41, 5.74) is 1.71. The minimum atomic E-state index is -1.18. The molecule has 0 aliphatic carbocycles. The zero-order valence-electron chi connectivity index (χ0n) is 9.19. The fraction of sp³-hybridized carbons (Fsp3) is 0.417. The van der Waals surface area contributed by atoms with Crippen molar-refractivity contribution in [1.29, 1.82) is 0 Å². The number of hydrogen-bond acceptors (Lipinski definition) is 3. The molecular weight excluding hydrogens is 286 g/mol. The van der Waals surface area contributed by atoms with E-state index in [1.807, 2.05) is 24.3 Å². The first-order chi connectivity index (χ1) is 8.29. The minimum Gasteiger partial charge on any atom is -0.336 e. The molecular formula is C12H12BrNO3. The SMILES string of the molecule is O=C1N(CCBr)c2ccccc2C12OCCO2. The minimum absolute atomic E-state index is 0.115. The predicted molar refractivity (Wildman–Crippen MR) is 66.2 cm³/mol. The van der Waals surface area contributed by atoms with Crippen LogP contribution in [0.1, 0.15) is 5.56 Å². The molecule has 0 N–H and O–H groups in total. The number of carbonyl (C=O) groups excluding carboxylic acids is 1. The number of alkyl halides is 1. The van der Waals surface area contributed by atoms with Crippen molar-refractivity contribution in [1.82, 2.24) is 0 Å². The zero-order valence-corrected chi connectivity index (χ0v) is 10.8. The summed E-state index contributed by atoms with van der Waals surface area (Å²) in [6, 6.07) is 7.64. The van der Waals surface area contributed by atoms with Gasteiger partial charge in [0.2, 0.25) is 0 Å². The Bertz CT molecular complexity index is 457. The van der Waals surface area contributed by atoms with Gasteiger partial charge in [-0.1, -0.05) is 34.1 Å². The number of halogens is 1. The molecule has 1 fully saturated rings. The second-order valence-corrected chi connectivity index (χ2v) is 4.77. The van der Waals surface area contributed by atoms with Gasteiger partial charge in [-0.2, -0.15) is 0 Å². The van der Waals surface area contributed by atoms with Crippen LogP contribution in [0.25, 0.3) is 0 Å². The van der Waals surface area contributed by atoms with E-state index < -0.39 is 5.79 Å². The van der Waals surface area contributed by atoms with Crippen molar-refractivity contribution < 1.29 is 14.3 Å². The van der Waals surface area contributed by atoms with E-state index >= 15 is 0 Å². The van der Waals surface area contributed by atoms with Gasteiger partial charge in [-0.15, -0.1) is 0 Å². The highest BCUT2D eigenvalue weighted by Crippen LogP contribution is 2.45. The lowest BCUT2D eigenvalue weighted by Crippen LogP contribution is -2.41. The van der Waals surface area contributed by atoms with Gasteiger partial charge in [0.25, 0.3) is 11.7 Å². The molecule has 1 spiro atoms. The Morgan fingerprint density at radius 3 is 2.71 bits per heavy atom. The summed E-state index contributed by atoms with van der Waals surface area (Å²) >= 11 is 3.36. The van der Waals surface area contributed by atoms with Crippen LogP contribution in [0.2, 0.25) is 0 Å². The fourth-order valence-corrected chi connectivity index (χ4v) is 2.74. The van der Waals surface area contributed by atoms with Crippen molar-refractivity contribution >= 4 is 27.5 Å². The molecule has 0 unspecified atom stereocenters. The van der Waals surface area contributed by atoms with Crippen LogP contribution in [-0.4, -0.2) is 31.0 Å². The predicted octanol–water partition coefficient (Wildman–Crippen LogP) is 1.63. The number of nitrogens with zero attached hydrogens (tertiary/aromatic N) is 1. The van der Waals surface area contributed by atoms with Gasteiger partial charge in [0.15, 0.2) is 0 Å². The molecule has 2 heterocycles. The molecule has 90 valence electrons. The van der Waals surface area contributed by atoms with Gasteiger partial charge in [-0.05, 0) is 6.07 Å². The summed E-state index contributed by atoms with van der Waals surface area (Å²) in [6.45, 7) is 1.54. The van der Waals surface area contributed by atoms with Crippen molar-refractivity contribution in [3.05, 3.63) is 29.8 Å². The molecule has 1 saturated heterocycles. The average molecular weight is 298 g/mol. The first-order valence-electron chi connectivity index (χ1n) is 5.55. The van der Waals surface area contributed by atoms with Crippen molar-refractivity contribution in [3.63, 3.8) is 0 Å². The Morgan fingerprint density at radius 1 is 1.29 bits per heavy atom. The average Bonchev–Trinajstić information content (AvgIpc) is 2.92. The first-order valence-corrected chi connectivity index (χ1v) is 6.67. The molecule has 0 aromatic heterocycles. The quantitative estimate of drug-likeness (QED) is 0.779. The molecule has 3 rings (SSSR count). The maximum absolute atomic E-state index is 12.4. The Labute approximate surface area is 108 Å². The number of carbonyl (C=O) groups is 1. The molecule has 17 heavy (non-hydrogen) atoms. The highest BCUT2D eigenvalue weighted by molar-refractivity contribution is 9.09. The lowest BCUT2D eigenvalue weighted by molar-refractivity contribution is -0.180. The monoisotopic (exact) mass is 297 g/mol. The highest BCUT2D eigenvalue weighted by atomic mass is 79.9. The van der Waals surface area contributed by atoms with Crippen LogP contribution >= 0.6 is 15.9 Å². The highest BCUT2D eigenvalue weighted by Gasteiger charge is 2.55. The van der Waals surface area contributed by atoms with Crippen LogP contribution in [0.15, 0.2) is 24.3 Å². The third-order valence-electron chi connectivity index (χ3n) is 3.08. The van der Waals surface area contributed by atoms with Crippen molar-refractivity contribution in [2.75, 3.05) is 30.0 Å². The smallest absolute Gasteiger partial charge is 0.292 e. The van der Waals surface area contributed by atoms with Crippen LogP contribution in [0.4, 0.5) is 5.69 Å². The summed E-state index contributed by atoms with van der Waals surface area (Å²) in [5.74, 6) is -1.30. The normalized spacial score (nSPS) is 21.2. The Kier molecular flexibility index (Phi) is 2.69. The lowest BCUT2D eigenvalue weighted by Gasteiger charge is -2.21. The molecule has 0 atom stereocenters.